The molecule has 0 saturated heterocycles. The molecule has 0 bridgehead atoms. The molecule has 2 N–H and O–H groups in total. The van der Waals surface area contributed by atoms with Gasteiger partial charge in [-0.3, -0.25) is 0 Å². The van der Waals surface area contributed by atoms with E-state index < -0.39 is 0 Å². The van der Waals surface area contributed by atoms with Crippen LogP contribution in [0.3, 0.4) is 0 Å². The molecule has 0 aliphatic carbocycles. The average molecular weight is 262 g/mol. The Balaban J connectivity index is 2.29. The lowest BCUT2D eigenvalue weighted by molar-refractivity contribution is 0.416. The zero-order valence-electron chi connectivity index (χ0n) is 10.7. The van der Waals surface area contributed by atoms with Crippen LogP contribution in [0.1, 0.15) is 30.8 Å². The van der Waals surface area contributed by atoms with Crippen molar-refractivity contribution in [3.63, 3.8) is 0 Å². The van der Waals surface area contributed by atoms with Crippen LogP contribution in [-0.2, 0) is 0 Å². The molecule has 96 valence electrons. The molecule has 0 aliphatic rings. The molecule has 0 amide bonds. The molecular weight excluding hydrogens is 244 g/mol. The van der Waals surface area contributed by atoms with Gasteiger partial charge in [0.15, 0.2) is 0 Å². The number of rotatable bonds is 5. The van der Waals surface area contributed by atoms with Gasteiger partial charge in [0.25, 0.3) is 0 Å². The predicted octanol–water partition coefficient (Wildman–Crippen LogP) is 3.62. The Morgan fingerprint density at radius 1 is 1.39 bits per heavy atom. The number of methoxy groups -OCH3 is 1. The second-order valence-electron chi connectivity index (χ2n) is 4.17. The Labute approximate surface area is 112 Å². The third kappa shape index (κ3) is 2.71. The van der Waals surface area contributed by atoms with Crippen LogP contribution in [0.25, 0.3) is 11.3 Å². The molecule has 1 unspecified atom stereocenters. The van der Waals surface area contributed by atoms with Gasteiger partial charge in [-0.15, -0.1) is 11.3 Å². The smallest absolute Gasteiger partial charge is 0.128 e. The summed E-state index contributed by atoms with van der Waals surface area (Å²) < 4.78 is 5.35. The van der Waals surface area contributed by atoms with E-state index in [0.717, 1.165) is 34.9 Å². The highest BCUT2D eigenvalue weighted by molar-refractivity contribution is 7.10. The van der Waals surface area contributed by atoms with Crippen molar-refractivity contribution in [1.29, 1.82) is 0 Å². The second kappa shape index (κ2) is 5.98. The molecular formula is C14H18N2OS. The van der Waals surface area contributed by atoms with Crippen LogP contribution in [0, 0.1) is 0 Å². The normalized spacial score (nSPS) is 12.4. The van der Waals surface area contributed by atoms with Crippen molar-refractivity contribution in [1.82, 2.24) is 4.98 Å². The first-order chi connectivity index (χ1) is 8.76. The molecule has 0 aliphatic heterocycles. The van der Waals surface area contributed by atoms with Gasteiger partial charge in [-0.2, -0.15) is 0 Å². The topological polar surface area (TPSA) is 48.1 Å². The van der Waals surface area contributed by atoms with Crippen LogP contribution in [-0.4, -0.2) is 12.1 Å². The summed E-state index contributed by atoms with van der Waals surface area (Å²) >= 11 is 1.62. The fraction of sp³-hybridized carbons (Fsp3) is 0.357. The maximum Gasteiger partial charge on any atom is 0.128 e. The summed E-state index contributed by atoms with van der Waals surface area (Å²) in [5.41, 5.74) is 8.05. The van der Waals surface area contributed by atoms with Gasteiger partial charge in [0, 0.05) is 10.9 Å². The number of aromatic nitrogens is 1. The molecule has 1 aromatic heterocycles. The summed E-state index contributed by atoms with van der Waals surface area (Å²) in [5, 5.41) is 3.04. The van der Waals surface area contributed by atoms with E-state index in [2.05, 4.69) is 11.9 Å². The first-order valence-corrected chi connectivity index (χ1v) is 6.98. The molecule has 2 rings (SSSR count). The van der Waals surface area contributed by atoms with Crippen LogP contribution in [0.4, 0.5) is 0 Å². The van der Waals surface area contributed by atoms with E-state index >= 15 is 0 Å². The Bertz CT molecular complexity index is 510. The second-order valence-corrected chi connectivity index (χ2v) is 5.06. The third-order valence-electron chi connectivity index (χ3n) is 2.82. The molecule has 0 radical (unpaired) electrons. The largest absolute Gasteiger partial charge is 0.496 e. The molecule has 3 nitrogen and oxygen atoms in total. The van der Waals surface area contributed by atoms with Crippen molar-refractivity contribution in [3.05, 3.63) is 34.7 Å². The van der Waals surface area contributed by atoms with Gasteiger partial charge >= 0.3 is 0 Å². The monoisotopic (exact) mass is 262 g/mol. The van der Waals surface area contributed by atoms with Crippen LogP contribution in [0.15, 0.2) is 29.6 Å². The van der Waals surface area contributed by atoms with E-state index in [0.29, 0.717) is 0 Å². The molecule has 0 spiro atoms. The number of ether oxygens (including phenoxy) is 1. The molecule has 0 fully saturated rings. The van der Waals surface area contributed by atoms with Crippen molar-refractivity contribution >= 4 is 11.3 Å². The van der Waals surface area contributed by atoms with Crippen molar-refractivity contribution in [2.24, 2.45) is 5.73 Å². The summed E-state index contributed by atoms with van der Waals surface area (Å²) in [4.78, 5) is 4.62. The summed E-state index contributed by atoms with van der Waals surface area (Å²) in [7, 11) is 1.68. The van der Waals surface area contributed by atoms with Gasteiger partial charge in [-0.1, -0.05) is 25.5 Å². The lowest BCUT2D eigenvalue weighted by Gasteiger charge is -2.06. The minimum atomic E-state index is 0.0449. The van der Waals surface area contributed by atoms with E-state index in [-0.39, 0.29) is 6.04 Å². The van der Waals surface area contributed by atoms with Gasteiger partial charge in [0.1, 0.15) is 10.8 Å². The van der Waals surface area contributed by atoms with Crippen molar-refractivity contribution in [2.75, 3.05) is 7.11 Å². The number of thiazole rings is 1. The molecule has 4 heteroatoms. The van der Waals surface area contributed by atoms with Gasteiger partial charge in [-0.05, 0) is 18.6 Å². The Morgan fingerprint density at radius 3 is 2.89 bits per heavy atom. The standard InChI is InChI=1S/C14H18N2OS/c1-3-6-11(15)14-16-12(9-18-14)10-7-4-5-8-13(10)17-2/h4-5,7-9,11H,3,6,15H2,1-2H3. The number of hydrogen-bond donors (Lipinski definition) is 1. The van der Waals surface area contributed by atoms with E-state index in [1.54, 1.807) is 18.4 Å². The fourth-order valence-electron chi connectivity index (χ4n) is 1.87. The van der Waals surface area contributed by atoms with Gasteiger partial charge < -0.3 is 10.5 Å². The number of nitrogens with two attached hydrogens (primary N) is 1. The van der Waals surface area contributed by atoms with E-state index in [4.69, 9.17) is 10.5 Å². The summed E-state index contributed by atoms with van der Waals surface area (Å²) in [5.74, 6) is 0.846. The highest BCUT2D eigenvalue weighted by atomic mass is 32.1. The minimum Gasteiger partial charge on any atom is -0.496 e. The summed E-state index contributed by atoms with van der Waals surface area (Å²) in [6, 6.07) is 7.95. The van der Waals surface area contributed by atoms with Crippen molar-refractivity contribution < 1.29 is 4.74 Å². The van der Waals surface area contributed by atoms with E-state index in [1.165, 1.54) is 0 Å². The van der Waals surface area contributed by atoms with Crippen LogP contribution < -0.4 is 10.5 Å². The summed E-state index contributed by atoms with van der Waals surface area (Å²) in [6.07, 6.45) is 2.05. The number of hydrogen-bond acceptors (Lipinski definition) is 4. The van der Waals surface area contributed by atoms with Gasteiger partial charge in [0.05, 0.1) is 18.8 Å². The first kappa shape index (κ1) is 13.1. The van der Waals surface area contributed by atoms with E-state index in [1.807, 2.05) is 29.6 Å². The minimum absolute atomic E-state index is 0.0449. The molecule has 1 aromatic carbocycles. The lowest BCUT2D eigenvalue weighted by atomic mass is 10.1. The zero-order valence-corrected chi connectivity index (χ0v) is 11.5. The van der Waals surface area contributed by atoms with Crippen molar-refractivity contribution in [3.8, 4) is 17.0 Å². The predicted molar refractivity (Wildman–Crippen MR) is 75.9 cm³/mol. The highest BCUT2D eigenvalue weighted by Crippen LogP contribution is 2.32. The number of nitrogens with zero attached hydrogens (tertiary/aromatic N) is 1. The third-order valence-corrected chi connectivity index (χ3v) is 3.80. The van der Waals surface area contributed by atoms with Crippen LogP contribution in [0.2, 0.25) is 0 Å². The lowest BCUT2D eigenvalue weighted by Crippen LogP contribution is -2.09. The number of para-hydroxylation sites is 1. The highest BCUT2D eigenvalue weighted by Gasteiger charge is 2.13. The fourth-order valence-corrected chi connectivity index (χ4v) is 2.73. The maximum absolute atomic E-state index is 6.08. The zero-order chi connectivity index (χ0) is 13.0. The Morgan fingerprint density at radius 2 is 2.17 bits per heavy atom. The maximum atomic E-state index is 6.08. The Hall–Kier alpha value is -1.39. The van der Waals surface area contributed by atoms with Crippen LogP contribution in [0.5, 0.6) is 5.75 Å². The average Bonchev–Trinajstić information content (AvgIpc) is 2.88. The van der Waals surface area contributed by atoms with Gasteiger partial charge in [-0.25, -0.2) is 4.98 Å². The van der Waals surface area contributed by atoms with Crippen LogP contribution >= 0.6 is 11.3 Å². The first-order valence-electron chi connectivity index (χ1n) is 6.10. The molecule has 2 aromatic rings. The van der Waals surface area contributed by atoms with E-state index in [9.17, 15) is 0 Å². The van der Waals surface area contributed by atoms with Gasteiger partial charge in [0.2, 0.25) is 0 Å². The quantitative estimate of drug-likeness (QED) is 0.895. The van der Waals surface area contributed by atoms with Crippen molar-refractivity contribution in [2.45, 2.75) is 25.8 Å². The Kier molecular flexibility index (Phi) is 4.33. The molecule has 1 heterocycles. The number of benzene rings is 1. The molecule has 18 heavy (non-hydrogen) atoms. The summed E-state index contributed by atoms with van der Waals surface area (Å²) in [6.45, 7) is 2.13. The SMILES string of the molecule is CCCC(N)c1nc(-c2ccccc2OC)cs1. The molecule has 0 saturated carbocycles. The molecule has 1 atom stereocenters.